The first kappa shape index (κ1) is 14.3. The fourth-order valence-electron chi connectivity index (χ4n) is 2.03. The Morgan fingerprint density at radius 2 is 2.26 bits per heavy atom. The molecule has 1 aromatic carbocycles. The molecule has 0 spiro atoms. The lowest BCUT2D eigenvalue weighted by Crippen LogP contribution is -2.30. The number of thiol groups is 1. The van der Waals surface area contributed by atoms with Crippen LogP contribution in [0, 0.1) is 11.2 Å². The molecule has 1 aliphatic carbocycles. The van der Waals surface area contributed by atoms with Gasteiger partial charge < -0.3 is 10.1 Å². The van der Waals surface area contributed by atoms with Crippen LogP contribution in [0.15, 0.2) is 23.1 Å². The minimum Gasteiger partial charge on any atom is -0.385 e. The molecule has 1 saturated carbocycles. The fraction of sp³-hybridized carbons (Fsp3) is 0.500. The molecule has 0 radical (unpaired) electrons. The van der Waals surface area contributed by atoms with E-state index in [0.717, 1.165) is 19.3 Å². The first-order valence-electron chi connectivity index (χ1n) is 6.32. The molecule has 0 heterocycles. The SMILES string of the molecule is COCCC1(CNC(=O)c2ccc(F)c(S)c2)CC1. The smallest absolute Gasteiger partial charge is 0.251 e. The number of ether oxygens (including phenoxy) is 1. The van der Waals surface area contributed by atoms with E-state index in [0.29, 0.717) is 18.7 Å². The molecule has 3 nitrogen and oxygen atoms in total. The highest BCUT2D eigenvalue weighted by atomic mass is 32.1. The van der Waals surface area contributed by atoms with E-state index in [2.05, 4.69) is 17.9 Å². The van der Waals surface area contributed by atoms with Crippen LogP contribution < -0.4 is 5.32 Å². The van der Waals surface area contributed by atoms with Crippen molar-refractivity contribution < 1.29 is 13.9 Å². The Kier molecular flexibility index (Phi) is 4.47. The Hall–Kier alpha value is -1.07. The van der Waals surface area contributed by atoms with Gasteiger partial charge in [-0.05, 0) is 42.9 Å². The van der Waals surface area contributed by atoms with Crippen molar-refractivity contribution in [2.75, 3.05) is 20.3 Å². The van der Waals surface area contributed by atoms with E-state index in [4.69, 9.17) is 4.74 Å². The highest BCUT2D eigenvalue weighted by Gasteiger charge is 2.42. The summed E-state index contributed by atoms with van der Waals surface area (Å²) in [6.07, 6.45) is 3.21. The largest absolute Gasteiger partial charge is 0.385 e. The summed E-state index contributed by atoms with van der Waals surface area (Å²) in [5, 5.41) is 2.91. The highest BCUT2D eigenvalue weighted by Crippen LogP contribution is 2.48. The number of benzene rings is 1. The lowest BCUT2D eigenvalue weighted by Gasteiger charge is -2.15. The Morgan fingerprint density at radius 1 is 1.53 bits per heavy atom. The van der Waals surface area contributed by atoms with E-state index in [9.17, 15) is 9.18 Å². The average Bonchev–Trinajstić information content (AvgIpc) is 3.17. The second-order valence-electron chi connectivity index (χ2n) is 5.09. The predicted molar refractivity (Wildman–Crippen MR) is 74.1 cm³/mol. The van der Waals surface area contributed by atoms with Crippen molar-refractivity contribution >= 4 is 18.5 Å². The van der Waals surface area contributed by atoms with Crippen LogP contribution in [0.2, 0.25) is 0 Å². The topological polar surface area (TPSA) is 38.3 Å². The number of carbonyl (C=O) groups is 1. The molecule has 19 heavy (non-hydrogen) atoms. The summed E-state index contributed by atoms with van der Waals surface area (Å²) >= 11 is 3.97. The zero-order valence-electron chi connectivity index (χ0n) is 10.9. The first-order chi connectivity index (χ1) is 9.06. The van der Waals surface area contributed by atoms with Gasteiger partial charge in [-0.15, -0.1) is 12.6 Å². The average molecular weight is 283 g/mol. The number of amides is 1. The zero-order valence-corrected chi connectivity index (χ0v) is 11.8. The van der Waals surface area contributed by atoms with Crippen molar-refractivity contribution in [2.45, 2.75) is 24.2 Å². The molecule has 1 aliphatic rings. The molecule has 0 saturated heterocycles. The minimum absolute atomic E-state index is 0.181. The summed E-state index contributed by atoms with van der Waals surface area (Å²) in [5.41, 5.74) is 0.643. The van der Waals surface area contributed by atoms with Crippen LogP contribution in [-0.2, 0) is 4.74 Å². The molecule has 104 valence electrons. The lowest BCUT2D eigenvalue weighted by molar-refractivity contribution is 0.0937. The van der Waals surface area contributed by atoms with Crippen molar-refractivity contribution in [3.05, 3.63) is 29.6 Å². The summed E-state index contributed by atoms with van der Waals surface area (Å²) in [6, 6.07) is 4.18. The van der Waals surface area contributed by atoms with Gasteiger partial charge in [-0.1, -0.05) is 0 Å². The molecule has 0 unspecified atom stereocenters. The molecule has 0 aliphatic heterocycles. The van der Waals surface area contributed by atoms with Gasteiger partial charge in [-0.2, -0.15) is 0 Å². The number of hydrogen-bond acceptors (Lipinski definition) is 3. The Labute approximate surface area is 117 Å². The number of carbonyl (C=O) groups excluding carboxylic acids is 1. The van der Waals surface area contributed by atoms with Gasteiger partial charge in [0.2, 0.25) is 0 Å². The molecule has 1 aromatic rings. The Balaban J connectivity index is 1.89. The monoisotopic (exact) mass is 283 g/mol. The number of methoxy groups -OCH3 is 1. The molecule has 2 rings (SSSR count). The van der Waals surface area contributed by atoms with E-state index in [1.807, 2.05) is 0 Å². The van der Waals surface area contributed by atoms with Gasteiger partial charge >= 0.3 is 0 Å². The Morgan fingerprint density at radius 3 is 2.84 bits per heavy atom. The van der Waals surface area contributed by atoms with Crippen molar-refractivity contribution in [3.8, 4) is 0 Å². The zero-order chi connectivity index (χ0) is 13.9. The maximum absolute atomic E-state index is 13.1. The molecule has 0 aromatic heterocycles. The number of hydrogen-bond donors (Lipinski definition) is 2. The number of rotatable bonds is 6. The fourth-order valence-corrected chi connectivity index (χ4v) is 2.25. The molecular weight excluding hydrogens is 265 g/mol. The molecule has 1 amide bonds. The van der Waals surface area contributed by atoms with E-state index in [-0.39, 0.29) is 16.2 Å². The van der Waals surface area contributed by atoms with E-state index < -0.39 is 5.82 Å². The van der Waals surface area contributed by atoms with Crippen molar-refractivity contribution in [1.29, 1.82) is 0 Å². The van der Waals surface area contributed by atoms with Crippen molar-refractivity contribution in [3.63, 3.8) is 0 Å². The normalized spacial score (nSPS) is 16.2. The van der Waals surface area contributed by atoms with E-state index in [1.54, 1.807) is 7.11 Å². The summed E-state index contributed by atoms with van der Waals surface area (Å²) in [6.45, 7) is 1.36. The molecule has 5 heteroatoms. The summed E-state index contributed by atoms with van der Waals surface area (Å²) < 4.78 is 18.1. The highest BCUT2D eigenvalue weighted by molar-refractivity contribution is 7.80. The van der Waals surface area contributed by atoms with Gasteiger partial charge in [0, 0.05) is 30.7 Å². The quantitative estimate of drug-likeness (QED) is 0.788. The van der Waals surface area contributed by atoms with Crippen LogP contribution >= 0.6 is 12.6 Å². The minimum atomic E-state index is -0.418. The maximum atomic E-state index is 13.1. The molecule has 1 N–H and O–H groups in total. The van der Waals surface area contributed by atoms with Crippen LogP contribution in [0.5, 0.6) is 0 Å². The third-order valence-electron chi connectivity index (χ3n) is 3.63. The first-order valence-corrected chi connectivity index (χ1v) is 6.77. The van der Waals surface area contributed by atoms with Crippen LogP contribution in [0.3, 0.4) is 0 Å². The van der Waals surface area contributed by atoms with Gasteiger partial charge in [0.05, 0.1) is 0 Å². The number of nitrogens with one attached hydrogen (secondary N) is 1. The second-order valence-corrected chi connectivity index (χ2v) is 5.57. The van der Waals surface area contributed by atoms with Gasteiger partial charge in [-0.3, -0.25) is 4.79 Å². The van der Waals surface area contributed by atoms with E-state index in [1.165, 1.54) is 18.2 Å². The van der Waals surface area contributed by atoms with Gasteiger partial charge in [0.15, 0.2) is 0 Å². The summed E-state index contributed by atoms with van der Waals surface area (Å²) in [5.74, 6) is -0.599. The third kappa shape index (κ3) is 3.70. The van der Waals surface area contributed by atoms with Crippen molar-refractivity contribution in [2.24, 2.45) is 5.41 Å². The third-order valence-corrected chi connectivity index (χ3v) is 3.97. The van der Waals surface area contributed by atoms with Crippen LogP contribution in [0.4, 0.5) is 4.39 Å². The Bertz CT molecular complexity index is 475. The lowest BCUT2D eigenvalue weighted by atomic mass is 10.0. The maximum Gasteiger partial charge on any atom is 0.251 e. The van der Waals surface area contributed by atoms with E-state index >= 15 is 0 Å². The van der Waals surface area contributed by atoms with Gasteiger partial charge in [0.1, 0.15) is 5.82 Å². The van der Waals surface area contributed by atoms with Gasteiger partial charge in [-0.25, -0.2) is 4.39 Å². The predicted octanol–water partition coefficient (Wildman–Crippen LogP) is 2.66. The van der Waals surface area contributed by atoms with Crippen molar-refractivity contribution in [1.82, 2.24) is 5.32 Å². The van der Waals surface area contributed by atoms with Crippen LogP contribution in [0.1, 0.15) is 29.6 Å². The molecular formula is C14H18FNO2S. The molecule has 0 atom stereocenters. The second kappa shape index (κ2) is 5.92. The number of halogens is 1. The standard InChI is InChI=1S/C14H18FNO2S/c1-18-7-6-14(4-5-14)9-16-13(17)10-2-3-11(15)12(19)8-10/h2-3,8,19H,4-7,9H2,1H3,(H,16,17). The molecule has 1 fully saturated rings. The summed E-state index contributed by atoms with van der Waals surface area (Å²) in [4.78, 5) is 12.1. The summed E-state index contributed by atoms with van der Waals surface area (Å²) in [7, 11) is 1.68. The van der Waals surface area contributed by atoms with Gasteiger partial charge in [0.25, 0.3) is 5.91 Å². The van der Waals surface area contributed by atoms with Crippen LogP contribution in [0.25, 0.3) is 0 Å². The molecule has 0 bridgehead atoms. The van der Waals surface area contributed by atoms with Crippen LogP contribution in [-0.4, -0.2) is 26.2 Å².